The highest BCUT2D eigenvalue weighted by Gasteiger charge is 2.42. The lowest BCUT2D eigenvalue weighted by molar-refractivity contribution is 0.409. The van der Waals surface area contributed by atoms with E-state index in [1.54, 1.807) is 10.4 Å². The van der Waals surface area contributed by atoms with E-state index in [-0.39, 0.29) is 5.54 Å². The highest BCUT2D eigenvalue weighted by atomic mass is 32.1. The first-order chi connectivity index (χ1) is 9.44. The van der Waals surface area contributed by atoms with E-state index in [4.69, 9.17) is 5.73 Å². The maximum atomic E-state index is 6.64. The van der Waals surface area contributed by atoms with Crippen molar-refractivity contribution < 1.29 is 0 Å². The van der Waals surface area contributed by atoms with Crippen LogP contribution in [0.2, 0.25) is 0 Å². The minimum atomic E-state index is -0.111. The van der Waals surface area contributed by atoms with Gasteiger partial charge in [-0.25, -0.2) is 0 Å². The molecular formula is C18H31NS. The zero-order valence-electron chi connectivity index (χ0n) is 13.9. The van der Waals surface area contributed by atoms with Gasteiger partial charge in [-0.15, -0.1) is 11.3 Å². The molecule has 0 radical (unpaired) electrons. The van der Waals surface area contributed by atoms with E-state index in [9.17, 15) is 0 Å². The molecule has 114 valence electrons. The van der Waals surface area contributed by atoms with Crippen molar-refractivity contribution in [3.63, 3.8) is 0 Å². The normalized spacial score (nSPS) is 26.0. The molecular weight excluding hydrogens is 262 g/mol. The van der Waals surface area contributed by atoms with Gasteiger partial charge in [0, 0.05) is 20.7 Å². The fraction of sp³-hybridized carbons (Fsp3) is 0.778. The Labute approximate surface area is 129 Å². The van der Waals surface area contributed by atoms with Gasteiger partial charge in [0.2, 0.25) is 0 Å². The molecule has 2 N–H and O–H groups in total. The summed E-state index contributed by atoms with van der Waals surface area (Å²) in [5.41, 5.74) is 8.55. The van der Waals surface area contributed by atoms with E-state index in [1.807, 2.05) is 11.3 Å². The Hall–Kier alpha value is -0.340. The van der Waals surface area contributed by atoms with Gasteiger partial charge in [0.1, 0.15) is 0 Å². The first kappa shape index (κ1) is 16.0. The molecule has 0 aromatic carbocycles. The number of fused-ring (bicyclic) bond motifs is 1. The minimum Gasteiger partial charge on any atom is -0.321 e. The SMILES string of the molecule is CCCC1CC(C)(CC)c2sc(C(N)(CC)CC)cc21. The Morgan fingerprint density at radius 1 is 1.30 bits per heavy atom. The van der Waals surface area contributed by atoms with Gasteiger partial charge in [-0.1, -0.05) is 41.0 Å². The second kappa shape index (κ2) is 5.81. The maximum Gasteiger partial charge on any atom is 0.0498 e. The molecule has 1 aliphatic carbocycles. The van der Waals surface area contributed by atoms with Crippen LogP contribution in [0.5, 0.6) is 0 Å². The summed E-state index contributed by atoms with van der Waals surface area (Å²) in [6.07, 6.45) is 7.26. The molecule has 0 bridgehead atoms. The van der Waals surface area contributed by atoms with Crippen LogP contribution in [0.4, 0.5) is 0 Å². The second-order valence-corrected chi connectivity index (χ2v) is 7.91. The van der Waals surface area contributed by atoms with Crippen LogP contribution in [0, 0.1) is 0 Å². The summed E-state index contributed by atoms with van der Waals surface area (Å²) in [7, 11) is 0. The summed E-state index contributed by atoms with van der Waals surface area (Å²) in [5.74, 6) is 0.767. The molecule has 1 aliphatic rings. The van der Waals surface area contributed by atoms with E-state index >= 15 is 0 Å². The third-order valence-corrected chi connectivity index (χ3v) is 7.29. The summed E-state index contributed by atoms with van der Waals surface area (Å²) in [4.78, 5) is 3.07. The fourth-order valence-electron chi connectivity index (χ4n) is 3.68. The van der Waals surface area contributed by atoms with Crippen LogP contribution in [0.1, 0.15) is 94.4 Å². The van der Waals surface area contributed by atoms with Crippen LogP contribution in [-0.2, 0) is 11.0 Å². The van der Waals surface area contributed by atoms with Gasteiger partial charge in [-0.3, -0.25) is 0 Å². The Morgan fingerprint density at radius 2 is 1.95 bits per heavy atom. The molecule has 0 spiro atoms. The number of thiophene rings is 1. The van der Waals surface area contributed by atoms with E-state index in [0.29, 0.717) is 5.41 Å². The molecule has 1 heterocycles. The Kier molecular flexibility index (Phi) is 4.66. The highest BCUT2D eigenvalue weighted by molar-refractivity contribution is 7.12. The lowest BCUT2D eigenvalue weighted by Crippen LogP contribution is -2.34. The minimum absolute atomic E-state index is 0.111. The van der Waals surface area contributed by atoms with Crippen molar-refractivity contribution in [3.8, 4) is 0 Å². The van der Waals surface area contributed by atoms with Crippen molar-refractivity contribution in [2.75, 3.05) is 0 Å². The average Bonchev–Trinajstić information content (AvgIpc) is 3.00. The lowest BCUT2D eigenvalue weighted by Gasteiger charge is -2.27. The van der Waals surface area contributed by atoms with Crippen LogP contribution < -0.4 is 5.73 Å². The maximum absolute atomic E-state index is 6.64. The first-order valence-electron chi connectivity index (χ1n) is 8.37. The smallest absolute Gasteiger partial charge is 0.0498 e. The van der Waals surface area contributed by atoms with Gasteiger partial charge in [-0.05, 0) is 49.7 Å². The van der Waals surface area contributed by atoms with Gasteiger partial charge < -0.3 is 5.73 Å². The summed E-state index contributed by atoms with van der Waals surface area (Å²) >= 11 is 2.01. The number of rotatable bonds is 6. The highest BCUT2D eigenvalue weighted by Crippen LogP contribution is 2.54. The molecule has 0 saturated carbocycles. The van der Waals surface area contributed by atoms with Gasteiger partial charge in [0.05, 0.1) is 0 Å². The Morgan fingerprint density at radius 3 is 2.45 bits per heavy atom. The van der Waals surface area contributed by atoms with Crippen molar-refractivity contribution in [2.45, 2.75) is 90.0 Å². The molecule has 2 atom stereocenters. The van der Waals surface area contributed by atoms with Crippen molar-refractivity contribution in [2.24, 2.45) is 5.73 Å². The molecule has 1 nitrogen and oxygen atoms in total. The van der Waals surface area contributed by atoms with Crippen LogP contribution in [0.25, 0.3) is 0 Å². The monoisotopic (exact) mass is 293 g/mol. The van der Waals surface area contributed by atoms with E-state index in [0.717, 1.165) is 18.8 Å². The van der Waals surface area contributed by atoms with Gasteiger partial charge >= 0.3 is 0 Å². The van der Waals surface area contributed by atoms with Gasteiger partial charge in [-0.2, -0.15) is 0 Å². The number of nitrogens with two attached hydrogens (primary N) is 1. The summed E-state index contributed by atoms with van der Waals surface area (Å²) in [5, 5.41) is 0. The van der Waals surface area contributed by atoms with Crippen molar-refractivity contribution >= 4 is 11.3 Å². The molecule has 0 saturated heterocycles. The van der Waals surface area contributed by atoms with E-state index < -0.39 is 0 Å². The summed E-state index contributed by atoms with van der Waals surface area (Å²) in [6, 6.07) is 2.47. The van der Waals surface area contributed by atoms with Gasteiger partial charge in [0.25, 0.3) is 0 Å². The predicted octanol–water partition coefficient (Wildman–Crippen LogP) is 5.68. The summed E-state index contributed by atoms with van der Waals surface area (Å²) in [6.45, 7) is 11.5. The zero-order valence-corrected chi connectivity index (χ0v) is 14.7. The Bertz CT molecular complexity index is 458. The number of hydrogen-bond donors (Lipinski definition) is 1. The molecule has 0 amide bonds. The largest absolute Gasteiger partial charge is 0.321 e. The second-order valence-electron chi connectivity index (χ2n) is 6.86. The van der Waals surface area contributed by atoms with Crippen molar-refractivity contribution in [1.29, 1.82) is 0 Å². The van der Waals surface area contributed by atoms with Crippen molar-refractivity contribution in [1.82, 2.24) is 0 Å². The third kappa shape index (κ3) is 2.46. The standard InChI is InChI=1S/C18H31NS/c1-6-10-13-12-17(5,7-2)16-14(13)11-15(20-16)18(19,8-3)9-4/h11,13H,6-10,12,19H2,1-5H3. The van der Waals surface area contributed by atoms with Crippen LogP contribution in [0.15, 0.2) is 6.07 Å². The van der Waals surface area contributed by atoms with Crippen LogP contribution >= 0.6 is 11.3 Å². The quantitative estimate of drug-likeness (QED) is 0.717. The first-order valence-corrected chi connectivity index (χ1v) is 9.19. The van der Waals surface area contributed by atoms with E-state index in [1.165, 1.54) is 30.6 Å². The molecule has 2 rings (SSSR count). The van der Waals surface area contributed by atoms with Gasteiger partial charge in [0.15, 0.2) is 0 Å². The topological polar surface area (TPSA) is 26.0 Å². The van der Waals surface area contributed by atoms with E-state index in [2.05, 4.69) is 40.7 Å². The number of hydrogen-bond acceptors (Lipinski definition) is 2. The molecule has 0 aliphatic heterocycles. The van der Waals surface area contributed by atoms with Crippen LogP contribution in [-0.4, -0.2) is 0 Å². The lowest BCUT2D eigenvalue weighted by atomic mass is 9.84. The van der Waals surface area contributed by atoms with Crippen molar-refractivity contribution in [3.05, 3.63) is 21.4 Å². The molecule has 2 unspecified atom stereocenters. The zero-order chi connectivity index (χ0) is 15.0. The molecule has 1 aromatic heterocycles. The molecule has 2 heteroatoms. The van der Waals surface area contributed by atoms with Crippen LogP contribution in [0.3, 0.4) is 0 Å². The fourth-order valence-corrected chi connectivity index (χ4v) is 5.40. The molecule has 20 heavy (non-hydrogen) atoms. The molecule has 0 fully saturated rings. The summed E-state index contributed by atoms with van der Waals surface area (Å²) < 4.78 is 0. The Balaban J connectivity index is 2.45. The predicted molar refractivity (Wildman–Crippen MR) is 90.7 cm³/mol. The molecule has 1 aromatic rings. The third-order valence-electron chi connectivity index (χ3n) is 5.62. The average molecular weight is 294 g/mol.